The van der Waals surface area contributed by atoms with E-state index in [9.17, 15) is 24.3 Å². The van der Waals surface area contributed by atoms with Gasteiger partial charge in [0.1, 0.15) is 12.6 Å². The molecule has 0 bridgehead atoms. The molecule has 1 aliphatic heterocycles. The monoisotopic (exact) mass is 585 g/mol. The molecule has 4 rings (SSSR count). The van der Waals surface area contributed by atoms with E-state index in [4.69, 9.17) is 4.74 Å². The minimum Gasteiger partial charge on any atom is -0.463 e. The van der Waals surface area contributed by atoms with Crippen molar-refractivity contribution in [3.05, 3.63) is 90.5 Å². The van der Waals surface area contributed by atoms with Crippen LogP contribution in [0.3, 0.4) is 0 Å². The third-order valence-electron chi connectivity index (χ3n) is 7.38. The number of aliphatic hydroxyl groups is 1. The highest BCUT2D eigenvalue weighted by molar-refractivity contribution is 5.99. The Labute approximate surface area is 251 Å². The fraction of sp³-hybridized carbons (Fsp3) is 0.353. The van der Waals surface area contributed by atoms with Crippen LogP contribution in [0.15, 0.2) is 84.9 Å². The van der Waals surface area contributed by atoms with Crippen LogP contribution in [0.4, 0.5) is 5.69 Å². The Hall–Kier alpha value is -4.50. The lowest BCUT2D eigenvalue weighted by molar-refractivity contribution is -0.146. The third kappa shape index (κ3) is 9.78. The van der Waals surface area contributed by atoms with Gasteiger partial charge in [-0.2, -0.15) is 0 Å². The number of ether oxygens (including phenoxy) is 1. The van der Waals surface area contributed by atoms with E-state index in [2.05, 4.69) is 10.6 Å². The van der Waals surface area contributed by atoms with Crippen LogP contribution < -0.4 is 10.6 Å². The lowest BCUT2D eigenvalue weighted by Gasteiger charge is -2.26. The molecule has 0 aromatic heterocycles. The number of benzene rings is 3. The molecule has 0 radical (unpaired) electrons. The molecular weight excluding hydrogens is 546 g/mol. The first-order valence-electron chi connectivity index (χ1n) is 14.8. The lowest BCUT2D eigenvalue weighted by Crippen LogP contribution is -2.49. The van der Waals surface area contributed by atoms with Gasteiger partial charge in [-0.05, 0) is 54.2 Å². The van der Waals surface area contributed by atoms with E-state index in [1.807, 2.05) is 78.9 Å². The van der Waals surface area contributed by atoms with Crippen LogP contribution in [0.1, 0.15) is 44.1 Å². The Kier molecular flexibility index (Phi) is 11.9. The highest BCUT2D eigenvalue weighted by Crippen LogP contribution is 2.20. The molecule has 2 atom stereocenters. The molecule has 1 aliphatic rings. The van der Waals surface area contributed by atoms with E-state index < -0.39 is 29.7 Å². The first-order valence-corrected chi connectivity index (χ1v) is 14.8. The van der Waals surface area contributed by atoms with Gasteiger partial charge in [-0.3, -0.25) is 19.2 Å². The number of esters is 1. The summed E-state index contributed by atoms with van der Waals surface area (Å²) < 4.78 is 5.39. The van der Waals surface area contributed by atoms with Crippen LogP contribution in [0, 0.1) is 5.92 Å². The van der Waals surface area contributed by atoms with Crippen molar-refractivity contribution >= 4 is 40.2 Å². The molecule has 0 aliphatic carbocycles. The molecule has 3 amide bonds. The summed E-state index contributed by atoms with van der Waals surface area (Å²) in [7, 11) is 0. The Morgan fingerprint density at radius 2 is 1.72 bits per heavy atom. The van der Waals surface area contributed by atoms with Gasteiger partial charge in [0.2, 0.25) is 11.8 Å². The average molecular weight is 586 g/mol. The molecule has 0 saturated heterocycles. The maximum Gasteiger partial charge on any atom is 0.305 e. The largest absolute Gasteiger partial charge is 0.463 e. The number of allylic oxidation sites excluding steroid dienone is 2. The molecule has 0 unspecified atom stereocenters. The van der Waals surface area contributed by atoms with Crippen LogP contribution in [0.25, 0.3) is 10.8 Å². The number of anilines is 1. The van der Waals surface area contributed by atoms with E-state index in [0.29, 0.717) is 25.1 Å². The average Bonchev–Trinajstić information content (AvgIpc) is 3.01. The number of nitrogens with zero attached hydrogens (tertiary/aromatic N) is 1. The maximum absolute atomic E-state index is 13.6. The summed E-state index contributed by atoms with van der Waals surface area (Å²) in [6.07, 6.45) is 6.38. The molecule has 0 fully saturated rings. The predicted octanol–water partition coefficient (Wildman–Crippen LogP) is 4.35. The first kappa shape index (κ1) is 31.4. The summed E-state index contributed by atoms with van der Waals surface area (Å²) in [6.45, 7) is -0.106. The van der Waals surface area contributed by atoms with Crippen LogP contribution in [0.2, 0.25) is 0 Å². The molecule has 3 N–H and O–H groups in total. The zero-order valence-corrected chi connectivity index (χ0v) is 24.2. The summed E-state index contributed by atoms with van der Waals surface area (Å²) in [5, 5.41) is 17.1. The van der Waals surface area contributed by atoms with Gasteiger partial charge in [0, 0.05) is 31.6 Å². The van der Waals surface area contributed by atoms with Crippen LogP contribution in [0.5, 0.6) is 0 Å². The SMILES string of the molecule is O=C1CCCCC=CC[C@H](CC(=O)N(CCO)Cc2ccccc2)C(=O)N[C@H](C(=O)Nc2ccc3ccccc3c2)CO1. The Bertz CT molecular complexity index is 1420. The second kappa shape index (κ2) is 16.2. The Morgan fingerprint density at radius 1 is 0.953 bits per heavy atom. The summed E-state index contributed by atoms with van der Waals surface area (Å²) >= 11 is 0. The number of aliphatic hydroxyl groups excluding tert-OH is 1. The van der Waals surface area contributed by atoms with Crippen LogP contribution >= 0.6 is 0 Å². The molecule has 9 heteroatoms. The van der Waals surface area contributed by atoms with E-state index in [0.717, 1.165) is 29.2 Å². The van der Waals surface area contributed by atoms with Crippen molar-refractivity contribution in [1.82, 2.24) is 10.2 Å². The van der Waals surface area contributed by atoms with Gasteiger partial charge in [0.05, 0.1) is 12.5 Å². The minimum absolute atomic E-state index is 0.109. The van der Waals surface area contributed by atoms with Crippen molar-refractivity contribution in [3.8, 4) is 0 Å². The quantitative estimate of drug-likeness (QED) is 0.267. The highest BCUT2D eigenvalue weighted by Gasteiger charge is 2.29. The highest BCUT2D eigenvalue weighted by atomic mass is 16.5. The molecule has 0 saturated carbocycles. The van der Waals surface area contributed by atoms with Crippen LogP contribution in [-0.2, 0) is 30.5 Å². The standard InChI is InChI=1S/C34H39N3O6/c38-20-19-37(23-25-11-5-4-6-12-25)31(39)22-28-15-7-2-1-3-8-16-32(40)43-24-30(36-33(28)41)34(42)35-29-18-17-26-13-9-10-14-27(26)21-29/h2,4-7,9-14,17-18,21,28,30,38H,1,3,8,15-16,19-20,22-24H2,(H,35,42)(H,36,41)/t28-,30+/m1/s1. The number of fused-ring (bicyclic) bond motifs is 1. The minimum atomic E-state index is -1.16. The van der Waals surface area contributed by atoms with Crippen molar-refractivity contribution in [2.45, 2.75) is 51.1 Å². The van der Waals surface area contributed by atoms with E-state index in [-0.39, 0.29) is 38.5 Å². The summed E-state index contributed by atoms with van der Waals surface area (Å²) in [6, 6.07) is 21.5. The molecule has 1 heterocycles. The number of hydrogen-bond acceptors (Lipinski definition) is 6. The molecule has 226 valence electrons. The summed E-state index contributed by atoms with van der Waals surface area (Å²) in [5.74, 6) is -2.51. The lowest BCUT2D eigenvalue weighted by atomic mass is 9.97. The molecule has 3 aromatic rings. The molecule has 43 heavy (non-hydrogen) atoms. The van der Waals surface area contributed by atoms with E-state index >= 15 is 0 Å². The van der Waals surface area contributed by atoms with Gasteiger partial charge in [-0.1, -0.05) is 72.8 Å². The van der Waals surface area contributed by atoms with Crippen LogP contribution in [-0.4, -0.2) is 59.5 Å². The number of carbonyl (C=O) groups excluding carboxylic acids is 4. The van der Waals surface area contributed by atoms with Gasteiger partial charge in [-0.25, -0.2) is 0 Å². The smallest absolute Gasteiger partial charge is 0.305 e. The number of amides is 3. The van der Waals surface area contributed by atoms with Crippen molar-refractivity contribution in [1.29, 1.82) is 0 Å². The normalized spacial score (nSPS) is 18.3. The molecular formula is C34H39N3O6. The fourth-order valence-electron chi connectivity index (χ4n) is 4.97. The Morgan fingerprint density at radius 3 is 2.51 bits per heavy atom. The zero-order valence-electron chi connectivity index (χ0n) is 24.2. The van der Waals surface area contributed by atoms with Crippen molar-refractivity contribution in [2.24, 2.45) is 5.92 Å². The van der Waals surface area contributed by atoms with Crippen molar-refractivity contribution in [3.63, 3.8) is 0 Å². The molecule has 3 aromatic carbocycles. The summed E-state index contributed by atoms with van der Waals surface area (Å²) in [4.78, 5) is 54.3. The number of rotatable bonds is 8. The zero-order chi connectivity index (χ0) is 30.4. The first-order chi connectivity index (χ1) is 20.9. The van der Waals surface area contributed by atoms with Gasteiger partial charge >= 0.3 is 5.97 Å². The van der Waals surface area contributed by atoms with Gasteiger partial charge in [-0.15, -0.1) is 0 Å². The second-order valence-electron chi connectivity index (χ2n) is 10.7. The summed E-state index contributed by atoms with van der Waals surface area (Å²) in [5.41, 5.74) is 1.45. The second-order valence-corrected chi connectivity index (χ2v) is 10.7. The van der Waals surface area contributed by atoms with E-state index in [1.54, 1.807) is 6.07 Å². The maximum atomic E-state index is 13.6. The number of carbonyl (C=O) groups is 4. The van der Waals surface area contributed by atoms with Gasteiger partial charge in [0.25, 0.3) is 5.91 Å². The van der Waals surface area contributed by atoms with Crippen molar-refractivity contribution < 1.29 is 29.0 Å². The number of hydrogen-bond donors (Lipinski definition) is 3. The molecule has 9 nitrogen and oxygen atoms in total. The van der Waals surface area contributed by atoms with Crippen molar-refractivity contribution in [2.75, 3.05) is 25.1 Å². The Balaban J connectivity index is 1.51. The fourth-order valence-corrected chi connectivity index (χ4v) is 4.97. The van der Waals surface area contributed by atoms with Gasteiger partial charge < -0.3 is 25.4 Å². The van der Waals surface area contributed by atoms with E-state index in [1.165, 1.54) is 4.90 Å². The topological polar surface area (TPSA) is 125 Å². The number of cyclic esters (lactones) is 1. The van der Waals surface area contributed by atoms with Gasteiger partial charge in [0.15, 0.2) is 0 Å². The number of nitrogens with one attached hydrogen (secondary N) is 2. The molecule has 0 spiro atoms. The predicted molar refractivity (Wildman–Crippen MR) is 165 cm³/mol. The third-order valence-corrected chi connectivity index (χ3v) is 7.38.